The second-order valence-electron chi connectivity index (χ2n) is 11.3. The third-order valence-electron chi connectivity index (χ3n) is 9.02. The topological polar surface area (TPSA) is 68.8 Å². The molecule has 3 aromatic rings. The zero-order valence-electron chi connectivity index (χ0n) is 19.5. The second-order valence-corrected chi connectivity index (χ2v) is 11.3. The number of nitrogens with zero attached hydrogens (tertiary/aromatic N) is 4. The molecule has 8 rings (SSSR count). The second kappa shape index (κ2) is 7.18. The number of anilines is 1. The van der Waals surface area contributed by atoms with Crippen molar-refractivity contribution in [1.82, 2.24) is 19.9 Å². The number of aromatic nitrogens is 4. The third-order valence-corrected chi connectivity index (χ3v) is 9.02. The molecule has 33 heavy (non-hydrogen) atoms. The molecular formula is C27H33N5O. The standard InChI is InChI=1S/C27H33N5O/c1-32-22(18-5-6-18)16-23(30-32)27-12-9-26(10-13-27,11-14-27)17-28-21-4-2-3-20(15-21)25-29-24(31-33-25)19-7-8-19/h2-4,15-16,18-19,28H,5-14,17H2,1H3. The summed E-state index contributed by atoms with van der Waals surface area (Å²) in [6.45, 7) is 1.04. The molecule has 0 unspecified atom stereocenters. The predicted octanol–water partition coefficient (Wildman–Crippen LogP) is 5.93. The molecule has 1 N–H and O–H groups in total. The van der Waals surface area contributed by atoms with Crippen LogP contribution in [-0.4, -0.2) is 26.5 Å². The van der Waals surface area contributed by atoms with Crippen LogP contribution >= 0.6 is 0 Å². The van der Waals surface area contributed by atoms with E-state index in [4.69, 9.17) is 9.62 Å². The van der Waals surface area contributed by atoms with Gasteiger partial charge in [0.15, 0.2) is 5.82 Å². The van der Waals surface area contributed by atoms with E-state index in [0.717, 1.165) is 29.5 Å². The first-order valence-electron chi connectivity index (χ1n) is 12.8. The van der Waals surface area contributed by atoms with Crippen LogP contribution in [0.4, 0.5) is 5.69 Å². The van der Waals surface area contributed by atoms with E-state index in [-0.39, 0.29) is 0 Å². The Morgan fingerprint density at radius 2 is 1.76 bits per heavy atom. The zero-order chi connectivity index (χ0) is 22.0. The summed E-state index contributed by atoms with van der Waals surface area (Å²) in [5.41, 5.74) is 5.73. The maximum atomic E-state index is 5.53. The van der Waals surface area contributed by atoms with Crippen LogP contribution < -0.4 is 5.32 Å². The number of rotatable bonds is 7. The number of aryl methyl sites for hydroxylation is 1. The summed E-state index contributed by atoms with van der Waals surface area (Å²) >= 11 is 0. The lowest BCUT2D eigenvalue weighted by Gasteiger charge is -2.53. The normalized spacial score (nSPS) is 28.9. The fourth-order valence-corrected chi connectivity index (χ4v) is 6.33. The van der Waals surface area contributed by atoms with Crippen molar-refractivity contribution >= 4 is 5.69 Å². The molecule has 6 heteroatoms. The van der Waals surface area contributed by atoms with Gasteiger partial charge in [-0.2, -0.15) is 10.1 Å². The van der Waals surface area contributed by atoms with Crippen LogP contribution in [0.1, 0.15) is 93.3 Å². The number of nitrogens with one attached hydrogen (secondary N) is 1. The Kier molecular flexibility index (Phi) is 4.31. The maximum Gasteiger partial charge on any atom is 0.258 e. The van der Waals surface area contributed by atoms with Gasteiger partial charge >= 0.3 is 0 Å². The van der Waals surface area contributed by atoms with Gasteiger partial charge in [0.2, 0.25) is 0 Å². The molecule has 0 atom stereocenters. The van der Waals surface area contributed by atoms with Gasteiger partial charge in [0.05, 0.1) is 5.69 Å². The summed E-state index contributed by atoms with van der Waals surface area (Å²) < 4.78 is 7.70. The predicted molar refractivity (Wildman–Crippen MR) is 127 cm³/mol. The average Bonchev–Trinajstić information content (AvgIpc) is 3.80. The number of hydrogen-bond acceptors (Lipinski definition) is 5. The first-order valence-corrected chi connectivity index (χ1v) is 12.8. The zero-order valence-corrected chi connectivity index (χ0v) is 19.5. The lowest BCUT2D eigenvalue weighted by molar-refractivity contribution is 0.0480. The molecule has 2 aromatic heterocycles. The van der Waals surface area contributed by atoms with Crippen molar-refractivity contribution in [2.45, 2.75) is 81.5 Å². The van der Waals surface area contributed by atoms with Crippen LogP contribution in [0.3, 0.4) is 0 Å². The van der Waals surface area contributed by atoms with Crippen LogP contribution in [0.25, 0.3) is 11.5 Å². The van der Waals surface area contributed by atoms with E-state index in [1.165, 1.54) is 75.6 Å². The summed E-state index contributed by atoms with van der Waals surface area (Å²) in [6, 6.07) is 10.9. The largest absolute Gasteiger partial charge is 0.384 e. The lowest BCUT2D eigenvalue weighted by Crippen LogP contribution is -2.47. The highest BCUT2D eigenvalue weighted by Crippen LogP contribution is 2.58. The summed E-state index contributed by atoms with van der Waals surface area (Å²) in [5, 5.41) is 12.9. The van der Waals surface area contributed by atoms with Crippen molar-refractivity contribution in [2.75, 3.05) is 11.9 Å². The highest BCUT2D eigenvalue weighted by Gasteiger charge is 2.50. The van der Waals surface area contributed by atoms with Crippen LogP contribution in [0.2, 0.25) is 0 Å². The van der Waals surface area contributed by atoms with Crippen molar-refractivity contribution in [3.63, 3.8) is 0 Å². The Morgan fingerprint density at radius 1 is 1.00 bits per heavy atom. The fraction of sp³-hybridized carbons (Fsp3) is 0.593. The van der Waals surface area contributed by atoms with Crippen LogP contribution in [0.5, 0.6) is 0 Å². The Balaban J connectivity index is 1.02. The molecule has 0 aliphatic heterocycles. The average molecular weight is 444 g/mol. The summed E-state index contributed by atoms with van der Waals surface area (Å²) in [4.78, 5) is 4.62. The Hall–Kier alpha value is -2.63. The van der Waals surface area contributed by atoms with Gasteiger partial charge in [0.25, 0.3) is 5.89 Å². The molecule has 2 heterocycles. The summed E-state index contributed by atoms with van der Waals surface area (Å²) in [5.74, 6) is 2.79. The fourth-order valence-electron chi connectivity index (χ4n) is 6.33. The van der Waals surface area contributed by atoms with Crippen molar-refractivity contribution in [2.24, 2.45) is 12.5 Å². The van der Waals surface area contributed by atoms with Crippen molar-refractivity contribution < 1.29 is 4.52 Å². The van der Waals surface area contributed by atoms with Gasteiger partial charge in [-0.1, -0.05) is 11.2 Å². The molecule has 0 spiro atoms. The first-order chi connectivity index (χ1) is 16.1. The molecule has 0 amide bonds. The Morgan fingerprint density at radius 3 is 2.48 bits per heavy atom. The summed E-state index contributed by atoms with van der Waals surface area (Å²) in [7, 11) is 2.14. The minimum Gasteiger partial charge on any atom is -0.384 e. The van der Waals surface area contributed by atoms with E-state index in [9.17, 15) is 0 Å². The van der Waals surface area contributed by atoms with E-state index in [1.54, 1.807) is 0 Å². The highest BCUT2D eigenvalue weighted by molar-refractivity contribution is 5.61. The van der Waals surface area contributed by atoms with Crippen LogP contribution in [0, 0.1) is 5.41 Å². The van der Waals surface area contributed by atoms with Crippen molar-refractivity contribution in [1.29, 1.82) is 0 Å². The molecule has 5 aliphatic carbocycles. The molecule has 172 valence electrons. The molecule has 6 nitrogen and oxygen atoms in total. The van der Waals surface area contributed by atoms with Crippen molar-refractivity contribution in [3.8, 4) is 11.5 Å². The van der Waals surface area contributed by atoms with Gasteiger partial charge in [-0.05, 0) is 93.9 Å². The molecule has 5 aliphatic rings. The van der Waals surface area contributed by atoms with Crippen LogP contribution in [-0.2, 0) is 12.5 Å². The molecule has 5 saturated carbocycles. The first kappa shape index (κ1) is 19.8. The molecule has 0 radical (unpaired) electrons. The lowest BCUT2D eigenvalue weighted by atomic mass is 9.52. The Labute approximate surface area is 195 Å². The van der Waals surface area contributed by atoms with Gasteiger partial charge in [-0.15, -0.1) is 0 Å². The monoisotopic (exact) mass is 443 g/mol. The van der Waals surface area contributed by atoms with E-state index in [2.05, 4.69) is 57.5 Å². The SMILES string of the molecule is Cn1nc(C23CCC(CNc4cccc(-c5nc(C6CC6)no5)c4)(CC2)CC3)cc1C1CC1. The molecule has 5 fully saturated rings. The third kappa shape index (κ3) is 3.49. The summed E-state index contributed by atoms with van der Waals surface area (Å²) in [6.07, 6.45) is 12.8. The maximum absolute atomic E-state index is 5.53. The van der Waals surface area contributed by atoms with E-state index in [1.807, 2.05) is 0 Å². The van der Waals surface area contributed by atoms with Gasteiger partial charge in [0.1, 0.15) is 0 Å². The van der Waals surface area contributed by atoms with E-state index in [0.29, 0.717) is 22.6 Å². The molecule has 0 saturated heterocycles. The van der Waals surface area contributed by atoms with Crippen LogP contribution in [0.15, 0.2) is 34.9 Å². The van der Waals surface area contributed by atoms with E-state index >= 15 is 0 Å². The number of fused-ring (bicyclic) bond motifs is 3. The molecule has 1 aromatic carbocycles. The smallest absolute Gasteiger partial charge is 0.258 e. The number of benzene rings is 1. The minimum atomic E-state index is 0.323. The highest BCUT2D eigenvalue weighted by atomic mass is 16.5. The van der Waals surface area contributed by atoms with Gasteiger partial charge in [-0.25, -0.2) is 0 Å². The van der Waals surface area contributed by atoms with Crippen molar-refractivity contribution in [3.05, 3.63) is 47.5 Å². The molecule has 2 bridgehead atoms. The molecular weight excluding hydrogens is 410 g/mol. The van der Waals surface area contributed by atoms with Gasteiger partial charge < -0.3 is 9.84 Å². The minimum absolute atomic E-state index is 0.323. The number of hydrogen-bond donors (Lipinski definition) is 1. The van der Waals surface area contributed by atoms with E-state index < -0.39 is 0 Å². The van der Waals surface area contributed by atoms with Gasteiger partial charge in [-0.3, -0.25) is 4.68 Å². The quantitative estimate of drug-likeness (QED) is 0.490. The Bertz CT molecular complexity index is 1160. The van der Waals surface area contributed by atoms with Gasteiger partial charge in [0, 0.05) is 47.8 Å².